The number of ether oxygens (including phenoxy) is 1. The molecule has 9 heteroatoms. The number of nitrogens with zero attached hydrogens (tertiary/aromatic N) is 3. The predicted molar refractivity (Wildman–Crippen MR) is 123 cm³/mol. The fraction of sp³-hybridized carbons (Fsp3) is 0.261. The van der Waals surface area contributed by atoms with Crippen molar-refractivity contribution < 1.29 is 19.1 Å². The van der Waals surface area contributed by atoms with Gasteiger partial charge in [-0.25, -0.2) is 9.97 Å². The van der Waals surface area contributed by atoms with Crippen molar-refractivity contribution in [3.8, 4) is 17.2 Å². The maximum absolute atomic E-state index is 11.5. The number of benzene rings is 2. The van der Waals surface area contributed by atoms with Gasteiger partial charge in [0.15, 0.2) is 5.58 Å². The number of hydrogen-bond donors (Lipinski definition) is 2. The number of para-hydroxylation sites is 1. The van der Waals surface area contributed by atoms with Gasteiger partial charge in [0, 0.05) is 17.3 Å². The SMILES string of the molecule is COc1ccc(-c2nc3cccc(C(CC[C@H](C)O)n4cnc(C(N)=O)c4)c3o2)cc1.Cl. The average molecular weight is 457 g/mol. The zero-order valence-corrected chi connectivity index (χ0v) is 18.6. The van der Waals surface area contributed by atoms with Crippen molar-refractivity contribution in [3.63, 3.8) is 0 Å². The number of carbonyl (C=O) groups is 1. The third-order valence-corrected chi connectivity index (χ3v) is 5.21. The summed E-state index contributed by atoms with van der Waals surface area (Å²) in [5.74, 6) is 0.666. The van der Waals surface area contributed by atoms with E-state index in [9.17, 15) is 9.90 Å². The Kier molecular flexibility index (Phi) is 7.17. The van der Waals surface area contributed by atoms with Crippen LogP contribution < -0.4 is 10.5 Å². The second kappa shape index (κ2) is 9.84. The second-order valence-corrected chi connectivity index (χ2v) is 7.46. The monoisotopic (exact) mass is 456 g/mol. The Morgan fingerprint density at radius 2 is 1.97 bits per heavy atom. The van der Waals surface area contributed by atoms with Gasteiger partial charge >= 0.3 is 0 Å². The lowest BCUT2D eigenvalue weighted by Gasteiger charge is -2.19. The van der Waals surface area contributed by atoms with Gasteiger partial charge in [-0.3, -0.25) is 4.79 Å². The molecule has 4 rings (SSSR count). The summed E-state index contributed by atoms with van der Waals surface area (Å²) in [4.78, 5) is 20.3. The zero-order chi connectivity index (χ0) is 22.0. The van der Waals surface area contributed by atoms with Gasteiger partial charge in [-0.2, -0.15) is 0 Å². The topological polar surface area (TPSA) is 116 Å². The number of halogens is 1. The summed E-state index contributed by atoms with van der Waals surface area (Å²) in [6.45, 7) is 1.75. The Hall–Kier alpha value is -3.36. The van der Waals surface area contributed by atoms with Crippen LogP contribution in [0.3, 0.4) is 0 Å². The number of oxazole rings is 1. The Labute approximate surface area is 191 Å². The standard InChI is InChI=1S/C23H24N4O4.ClH/c1-14(28)6-11-20(27-12-19(22(24)29)25-13-27)17-4-3-5-18-21(17)31-23(26-18)15-7-9-16(30-2)10-8-15;/h3-5,7-10,12-14,20,28H,6,11H2,1-2H3,(H2,24,29);1H/t14-,20?;/m0./s1. The smallest absolute Gasteiger partial charge is 0.268 e. The minimum Gasteiger partial charge on any atom is -0.497 e. The van der Waals surface area contributed by atoms with Crippen molar-refractivity contribution in [1.82, 2.24) is 14.5 Å². The molecule has 1 amide bonds. The molecule has 0 aliphatic carbocycles. The summed E-state index contributed by atoms with van der Waals surface area (Å²) in [6, 6.07) is 13.0. The van der Waals surface area contributed by atoms with Crippen LogP contribution in [-0.2, 0) is 0 Å². The molecule has 0 saturated carbocycles. The normalized spacial score (nSPS) is 12.8. The van der Waals surface area contributed by atoms with Crippen molar-refractivity contribution in [2.24, 2.45) is 5.73 Å². The first-order valence-electron chi connectivity index (χ1n) is 10.0. The van der Waals surface area contributed by atoms with Gasteiger partial charge in [0.05, 0.1) is 25.6 Å². The molecular formula is C23H25ClN4O4. The number of rotatable bonds is 8. The van der Waals surface area contributed by atoms with E-state index in [1.165, 1.54) is 0 Å². The maximum Gasteiger partial charge on any atom is 0.268 e. The molecule has 3 N–H and O–H groups in total. The van der Waals surface area contributed by atoms with E-state index >= 15 is 0 Å². The second-order valence-electron chi connectivity index (χ2n) is 7.46. The van der Waals surface area contributed by atoms with Crippen molar-refractivity contribution in [2.45, 2.75) is 31.9 Å². The van der Waals surface area contributed by atoms with Crippen LogP contribution in [0.1, 0.15) is 41.9 Å². The molecule has 32 heavy (non-hydrogen) atoms. The number of aliphatic hydroxyl groups excluding tert-OH is 1. The highest BCUT2D eigenvalue weighted by molar-refractivity contribution is 5.90. The lowest BCUT2D eigenvalue weighted by molar-refractivity contribution is 0.0996. The van der Waals surface area contributed by atoms with Crippen molar-refractivity contribution in [1.29, 1.82) is 0 Å². The van der Waals surface area contributed by atoms with Gasteiger partial charge < -0.3 is 24.6 Å². The number of aliphatic hydroxyl groups is 1. The average Bonchev–Trinajstić information content (AvgIpc) is 3.42. The molecule has 2 atom stereocenters. The number of aromatic nitrogens is 3. The van der Waals surface area contributed by atoms with Crippen LogP contribution in [0, 0.1) is 0 Å². The maximum atomic E-state index is 11.5. The van der Waals surface area contributed by atoms with E-state index in [0.717, 1.165) is 22.4 Å². The Morgan fingerprint density at radius 1 is 1.22 bits per heavy atom. The van der Waals surface area contributed by atoms with Crippen LogP contribution in [0.25, 0.3) is 22.6 Å². The highest BCUT2D eigenvalue weighted by Crippen LogP contribution is 2.34. The van der Waals surface area contributed by atoms with E-state index in [2.05, 4.69) is 9.97 Å². The van der Waals surface area contributed by atoms with Gasteiger partial charge in [-0.15, -0.1) is 12.4 Å². The summed E-state index contributed by atoms with van der Waals surface area (Å²) < 4.78 is 13.2. The molecule has 168 valence electrons. The zero-order valence-electron chi connectivity index (χ0n) is 17.8. The molecule has 1 unspecified atom stereocenters. The number of methoxy groups -OCH3 is 1. The summed E-state index contributed by atoms with van der Waals surface area (Å²) in [7, 11) is 1.62. The van der Waals surface area contributed by atoms with E-state index in [-0.39, 0.29) is 24.1 Å². The van der Waals surface area contributed by atoms with E-state index in [4.69, 9.17) is 14.9 Å². The van der Waals surface area contributed by atoms with Crippen LogP contribution in [0.2, 0.25) is 0 Å². The van der Waals surface area contributed by atoms with Crippen molar-refractivity contribution in [3.05, 3.63) is 66.2 Å². The fourth-order valence-corrected chi connectivity index (χ4v) is 3.59. The fourth-order valence-electron chi connectivity index (χ4n) is 3.59. The molecule has 0 fully saturated rings. The summed E-state index contributed by atoms with van der Waals surface area (Å²) in [5.41, 5.74) is 8.66. The molecule has 2 aromatic heterocycles. The first kappa shape index (κ1) is 23.3. The molecule has 0 bridgehead atoms. The number of primary amides is 1. The Bertz CT molecular complexity index is 1200. The van der Waals surface area contributed by atoms with Crippen LogP contribution in [0.4, 0.5) is 0 Å². The van der Waals surface area contributed by atoms with Crippen LogP contribution in [0.5, 0.6) is 5.75 Å². The number of amides is 1. The van der Waals surface area contributed by atoms with Crippen LogP contribution >= 0.6 is 12.4 Å². The number of nitrogens with two attached hydrogens (primary N) is 1. The molecule has 2 heterocycles. The first-order valence-corrected chi connectivity index (χ1v) is 10.0. The number of imidazole rings is 1. The number of fused-ring (bicyclic) bond motifs is 1. The minimum absolute atomic E-state index is 0. The summed E-state index contributed by atoms with van der Waals surface area (Å²) in [6.07, 6.45) is 3.90. The third-order valence-electron chi connectivity index (χ3n) is 5.21. The quantitative estimate of drug-likeness (QED) is 0.414. The summed E-state index contributed by atoms with van der Waals surface area (Å²) in [5, 5.41) is 9.85. The van der Waals surface area contributed by atoms with Crippen molar-refractivity contribution in [2.75, 3.05) is 7.11 Å². The molecule has 0 spiro atoms. The molecule has 0 radical (unpaired) electrons. The van der Waals surface area contributed by atoms with Gasteiger partial charge in [-0.1, -0.05) is 12.1 Å². The van der Waals surface area contributed by atoms with Gasteiger partial charge in [0.2, 0.25) is 5.89 Å². The largest absolute Gasteiger partial charge is 0.497 e. The van der Waals surface area contributed by atoms with Crippen LogP contribution in [0.15, 0.2) is 59.4 Å². The highest BCUT2D eigenvalue weighted by atomic mass is 35.5. The summed E-state index contributed by atoms with van der Waals surface area (Å²) >= 11 is 0. The van der Waals surface area contributed by atoms with E-state index < -0.39 is 12.0 Å². The van der Waals surface area contributed by atoms with Gasteiger partial charge in [0.25, 0.3) is 5.91 Å². The third kappa shape index (κ3) is 4.76. The predicted octanol–water partition coefficient (Wildman–Crippen LogP) is 3.97. The first-order chi connectivity index (χ1) is 15.0. The Morgan fingerprint density at radius 3 is 2.59 bits per heavy atom. The molecule has 8 nitrogen and oxygen atoms in total. The molecule has 0 aliphatic heterocycles. The van der Waals surface area contributed by atoms with Crippen LogP contribution in [-0.4, -0.2) is 38.8 Å². The van der Waals surface area contributed by atoms with E-state index in [1.54, 1.807) is 26.6 Å². The van der Waals surface area contributed by atoms with Gasteiger partial charge in [0.1, 0.15) is 17.0 Å². The molecular weight excluding hydrogens is 432 g/mol. The minimum atomic E-state index is -0.590. The number of carbonyl (C=O) groups excluding carboxylic acids is 1. The van der Waals surface area contributed by atoms with E-state index in [1.807, 2.05) is 47.0 Å². The van der Waals surface area contributed by atoms with Crippen molar-refractivity contribution >= 4 is 29.4 Å². The van der Waals surface area contributed by atoms with Gasteiger partial charge in [-0.05, 0) is 50.1 Å². The lowest BCUT2D eigenvalue weighted by atomic mass is 9.99. The van der Waals surface area contributed by atoms with E-state index in [0.29, 0.717) is 24.3 Å². The highest BCUT2D eigenvalue weighted by Gasteiger charge is 2.22. The lowest BCUT2D eigenvalue weighted by Crippen LogP contribution is -2.14. The molecule has 0 aliphatic rings. The molecule has 0 saturated heterocycles. The Balaban J connectivity index is 0.00000289. The molecule has 2 aromatic carbocycles. The number of hydrogen-bond acceptors (Lipinski definition) is 6. The molecule has 4 aromatic rings.